The van der Waals surface area contributed by atoms with Gasteiger partial charge in [-0.25, -0.2) is 0 Å². The zero-order valence-electron chi connectivity index (χ0n) is 9.03. The highest BCUT2D eigenvalue weighted by Gasteiger charge is 2.38. The van der Waals surface area contributed by atoms with Gasteiger partial charge in [0.25, 0.3) is 0 Å². The Morgan fingerprint density at radius 3 is 2.75 bits per heavy atom. The molecule has 16 heavy (non-hydrogen) atoms. The molecule has 0 aromatic heterocycles. The largest absolute Gasteiger partial charge is 0.504 e. The molecule has 0 bridgehead atoms. The Kier molecular flexibility index (Phi) is 2.01. The van der Waals surface area contributed by atoms with Gasteiger partial charge in [0.1, 0.15) is 0 Å². The van der Waals surface area contributed by atoms with Crippen molar-refractivity contribution in [1.29, 1.82) is 0 Å². The molecular formula is C12H15NO3. The number of phenolic OH excluding ortho intramolecular Hbond substituents is 1. The van der Waals surface area contributed by atoms with E-state index in [0.717, 1.165) is 18.4 Å². The number of hydrogen-bond acceptors (Lipinski definition) is 4. The summed E-state index contributed by atoms with van der Waals surface area (Å²) in [7, 11) is 0. The molecule has 0 amide bonds. The van der Waals surface area contributed by atoms with Crippen LogP contribution >= 0.6 is 0 Å². The highest BCUT2D eigenvalue weighted by molar-refractivity contribution is 5.56. The van der Waals surface area contributed by atoms with Crippen LogP contribution in [-0.4, -0.2) is 18.4 Å². The molecule has 4 heteroatoms. The lowest BCUT2D eigenvalue weighted by Gasteiger charge is -2.41. The smallest absolute Gasteiger partial charge is 0.231 e. The lowest BCUT2D eigenvalue weighted by Crippen LogP contribution is -2.41. The number of phenols is 1. The number of aromatic hydroxyl groups is 1. The number of rotatable bonds is 2. The van der Waals surface area contributed by atoms with Crippen LogP contribution in [0.3, 0.4) is 0 Å². The van der Waals surface area contributed by atoms with Gasteiger partial charge in [-0.1, -0.05) is 6.42 Å². The van der Waals surface area contributed by atoms with Crippen molar-refractivity contribution in [3.05, 3.63) is 17.7 Å². The summed E-state index contributed by atoms with van der Waals surface area (Å²) in [6.07, 6.45) is 3.37. The second kappa shape index (κ2) is 3.28. The Morgan fingerprint density at radius 2 is 2.12 bits per heavy atom. The van der Waals surface area contributed by atoms with E-state index in [9.17, 15) is 5.11 Å². The number of benzene rings is 1. The summed E-state index contributed by atoms with van der Waals surface area (Å²) in [5.74, 6) is 1.25. The molecule has 0 saturated heterocycles. The highest BCUT2D eigenvalue weighted by atomic mass is 16.7. The van der Waals surface area contributed by atoms with E-state index in [-0.39, 0.29) is 18.0 Å². The van der Waals surface area contributed by atoms with Gasteiger partial charge in [0.2, 0.25) is 12.5 Å². The van der Waals surface area contributed by atoms with E-state index in [1.54, 1.807) is 6.07 Å². The standard InChI is InChI=1S/C12H15NO3/c13-6-12(2-1-3-12)8-4-9(14)11-10(5-8)15-7-16-11/h4-5,14H,1-3,6-7,13H2. The molecule has 0 unspecified atom stereocenters. The molecule has 86 valence electrons. The van der Waals surface area contributed by atoms with Crippen LogP contribution in [0, 0.1) is 0 Å². The Hall–Kier alpha value is -1.42. The molecule has 0 atom stereocenters. The first kappa shape index (κ1) is 9.78. The summed E-state index contributed by atoms with van der Waals surface area (Å²) in [6.45, 7) is 0.800. The number of fused-ring (bicyclic) bond motifs is 1. The van der Waals surface area contributed by atoms with Crippen molar-refractivity contribution in [2.75, 3.05) is 13.3 Å². The second-order valence-corrected chi connectivity index (χ2v) is 4.57. The molecule has 3 rings (SSSR count). The molecule has 1 fully saturated rings. The first-order valence-electron chi connectivity index (χ1n) is 5.58. The van der Waals surface area contributed by atoms with Gasteiger partial charge in [-0.05, 0) is 30.5 Å². The van der Waals surface area contributed by atoms with Crippen LogP contribution in [0.1, 0.15) is 24.8 Å². The summed E-state index contributed by atoms with van der Waals surface area (Å²) < 4.78 is 10.5. The van der Waals surface area contributed by atoms with Crippen molar-refractivity contribution in [3.8, 4) is 17.2 Å². The molecule has 4 nitrogen and oxygen atoms in total. The van der Waals surface area contributed by atoms with Crippen molar-refractivity contribution >= 4 is 0 Å². The SMILES string of the molecule is NCC1(c2cc(O)c3c(c2)OCO3)CCC1. The average Bonchev–Trinajstić information content (AvgIpc) is 2.65. The van der Waals surface area contributed by atoms with E-state index in [0.29, 0.717) is 18.0 Å². The Morgan fingerprint density at radius 1 is 1.31 bits per heavy atom. The Labute approximate surface area is 94.0 Å². The van der Waals surface area contributed by atoms with Gasteiger partial charge in [-0.2, -0.15) is 0 Å². The van der Waals surface area contributed by atoms with Crippen molar-refractivity contribution in [2.24, 2.45) is 5.73 Å². The Balaban J connectivity index is 2.05. The quantitative estimate of drug-likeness (QED) is 0.794. The van der Waals surface area contributed by atoms with Gasteiger partial charge in [0.15, 0.2) is 11.5 Å². The van der Waals surface area contributed by atoms with Gasteiger partial charge in [-0.15, -0.1) is 0 Å². The van der Waals surface area contributed by atoms with E-state index in [1.807, 2.05) is 6.07 Å². The van der Waals surface area contributed by atoms with Crippen molar-refractivity contribution in [2.45, 2.75) is 24.7 Å². The van der Waals surface area contributed by atoms with Crippen LogP contribution in [0.25, 0.3) is 0 Å². The molecule has 2 aliphatic rings. The minimum absolute atomic E-state index is 0.0401. The zero-order chi connectivity index (χ0) is 11.2. The number of hydrogen-bond donors (Lipinski definition) is 2. The number of nitrogens with two attached hydrogens (primary N) is 1. The summed E-state index contributed by atoms with van der Waals surface area (Å²) in [5, 5.41) is 9.84. The maximum absolute atomic E-state index is 9.84. The fraction of sp³-hybridized carbons (Fsp3) is 0.500. The third-order valence-electron chi connectivity index (χ3n) is 3.77. The van der Waals surface area contributed by atoms with Crippen LogP contribution in [0.15, 0.2) is 12.1 Å². The van der Waals surface area contributed by atoms with E-state index >= 15 is 0 Å². The van der Waals surface area contributed by atoms with Crippen LogP contribution in [0.5, 0.6) is 17.2 Å². The van der Waals surface area contributed by atoms with Crippen molar-refractivity contribution < 1.29 is 14.6 Å². The van der Waals surface area contributed by atoms with Crippen molar-refractivity contribution in [3.63, 3.8) is 0 Å². The third kappa shape index (κ3) is 1.19. The average molecular weight is 221 g/mol. The van der Waals surface area contributed by atoms with Gasteiger partial charge in [0, 0.05) is 12.0 Å². The molecule has 1 heterocycles. The van der Waals surface area contributed by atoms with Crippen LogP contribution in [0.4, 0.5) is 0 Å². The van der Waals surface area contributed by atoms with Gasteiger partial charge >= 0.3 is 0 Å². The molecule has 1 aromatic rings. The normalized spacial score (nSPS) is 20.6. The summed E-state index contributed by atoms with van der Waals surface area (Å²) in [6, 6.07) is 3.72. The minimum Gasteiger partial charge on any atom is -0.504 e. The maximum atomic E-state index is 9.84. The second-order valence-electron chi connectivity index (χ2n) is 4.57. The maximum Gasteiger partial charge on any atom is 0.231 e. The van der Waals surface area contributed by atoms with E-state index < -0.39 is 0 Å². The van der Waals surface area contributed by atoms with E-state index in [1.165, 1.54) is 6.42 Å². The first-order chi connectivity index (χ1) is 7.75. The summed E-state index contributed by atoms with van der Waals surface area (Å²) >= 11 is 0. The van der Waals surface area contributed by atoms with Gasteiger partial charge in [-0.3, -0.25) is 0 Å². The lowest BCUT2D eigenvalue weighted by atomic mass is 9.64. The van der Waals surface area contributed by atoms with E-state index in [2.05, 4.69) is 0 Å². The minimum atomic E-state index is 0.0401. The molecule has 0 spiro atoms. The fourth-order valence-electron chi connectivity index (χ4n) is 2.51. The van der Waals surface area contributed by atoms with Crippen LogP contribution in [0.2, 0.25) is 0 Å². The Bertz CT molecular complexity index is 421. The highest BCUT2D eigenvalue weighted by Crippen LogP contribution is 2.49. The van der Waals surface area contributed by atoms with Gasteiger partial charge < -0.3 is 20.3 Å². The predicted octanol–water partition coefficient (Wildman–Crippen LogP) is 1.50. The number of ether oxygens (including phenoxy) is 2. The fourth-order valence-corrected chi connectivity index (χ4v) is 2.51. The molecule has 3 N–H and O–H groups in total. The predicted molar refractivity (Wildman–Crippen MR) is 58.8 cm³/mol. The van der Waals surface area contributed by atoms with Crippen LogP contribution < -0.4 is 15.2 Å². The van der Waals surface area contributed by atoms with Crippen molar-refractivity contribution in [1.82, 2.24) is 0 Å². The molecular weight excluding hydrogens is 206 g/mol. The lowest BCUT2D eigenvalue weighted by molar-refractivity contribution is 0.171. The summed E-state index contributed by atoms with van der Waals surface area (Å²) in [5.41, 5.74) is 6.95. The summed E-state index contributed by atoms with van der Waals surface area (Å²) in [4.78, 5) is 0. The molecule has 1 aromatic carbocycles. The molecule has 1 aliphatic heterocycles. The molecule has 1 saturated carbocycles. The first-order valence-corrected chi connectivity index (χ1v) is 5.58. The molecule has 0 radical (unpaired) electrons. The topological polar surface area (TPSA) is 64.7 Å². The monoisotopic (exact) mass is 221 g/mol. The van der Waals surface area contributed by atoms with E-state index in [4.69, 9.17) is 15.2 Å². The van der Waals surface area contributed by atoms with Crippen LogP contribution in [-0.2, 0) is 5.41 Å². The third-order valence-corrected chi connectivity index (χ3v) is 3.77. The molecule has 1 aliphatic carbocycles. The van der Waals surface area contributed by atoms with Gasteiger partial charge in [0.05, 0.1) is 0 Å². The zero-order valence-corrected chi connectivity index (χ0v) is 9.03.